The molecule has 2 aromatic heterocycles. The number of ether oxygens (including phenoxy) is 2. The largest absolute Gasteiger partial charge is 0.452 e. The highest BCUT2D eigenvalue weighted by molar-refractivity contribution is 8.14. The quantitative estimate of drug-likeness (QED) is 0.550. The summed E-state index contributed by atoms with van der Waals surface area (Å²) in [7, 11) is 0. The number of aliphatic imine (C=N–C) groups is 1. The lowest BCUT2D eigenvalue weighted by molar-refractivity contribution is 0.0842. The van der Waals surface area contributed by atoms with E-state index in [0.29, 0.717) is 57.8 Å². The summed E-state index contributed by atoms with van der Waals surface area (Å²) in [6, 6.07) is 10.5. The molecule has 0 unspecified atom stereocenters. The Labute approximate surface area is 193 Å². The summed E-state index contributed by atoms with van der Waals surface area (Å²) >= 11 is 1.40. The van der Waals surface area contributed by atoms with Crippen molar-refractivity contribution in [3.8, 4) is 22.6 Å². The zero-order valence-corrected chi connectivity index (χ0v) is 18.4. The topological polar surface area (TPSA) is 82.6 Å². The smallest absolute Gasteiger partial charge is 0.256 e. The van der Waals surface area contributed by atoms with Crippen molar-refractivity contribution in [1.82, 2.24) is 9.97 Å². The normalized spacial score (nSPS) is 21.9. The molecule has 168 valence electrons. The third kappa shape index (κ3) is 3.29. The number of halogens is 2. The van der Waals surface area contributed by atoms with Crippen LogP contribution in [0.4, 0.5) is 8.78 Å². The molecule has 3 aliphatic heterocycles. The molecule has 1 spiro atoms. The maximum absolute atomic E-state index is 15.3. The highest BCUT2D eigenvalue weighted by Gasteiger charge is 2.47. The molecule has 3 aromatic rings. The van der Waals surface area contributed by atoms with E-state index in [0.717, 1.165) is 12.8 Å². The molecular weight excluding hydrogens is 446 g/mol. The molecule has 0 bridgehead atoms. The van der Waals surface area contributed by atoms with Crippen LogP contribution in [-0.4, -0.2) is 34.1 Å². The number of thioether (sulfide) groups is 1. The summed E-state index contributed by atoms with van der Waals surface area (Å²) in [4.78, 5) is 12.8. The number of benzene rings is 1. The van der Waals surface area contributed by atoms with Crippen LogP contribution in [0.5, 0.6) is 11.5 Å². The second kappa shape index (κ2) is 7.78. The van der Waals surface area contributed by atoms with Crippen molar-refractivity contribution < 1.29 is 18.3 Å². The Morgan fingerprint density at radius 2 is 1.91 bits per heavy atom. The minimum Gasteiger partial charge on any atom is -0.452 e. The SMILES string of the molecule is NC1=N[C@@]2(CS1)c1cc(-c3cccnc3F)ccc1Oc1c2cc(C2CCOCC2)nc1F. The molecule has 3 aliphatic rings. The first-order chi connectivity index (χ1) is 16.0. The molecule has 1 saturated heterocycles. The van der Waals surface area contributed by atoms with Gasteiger partial charge in [-0.25, -0.2) is 15.0 Å². The highest BCUT2D eigenvalue weighted by atomic mass is 32.2. The maximum atomic E-state index is 15.3. The van der Waals surface area contributed by atoms with E-state index in [1.54, 1.807) is 24.3 Å². The van der Waals surface area contributed by atoms with Crippen molar-refractivity contribution >= 4 is 16.9 Å². The van der Waals surface area contributed by atoms with Gasteiger partial charge in [-0.05, 0) is 48.7 Å². The van der Waals surface area contributed by atoms with Crippen molar-refractivity contribution in [3.05, 3.63) is 71.3 Å². The summed E-state index contributed by atoms with van der Waals surface area (Å²) < 4.78 is 41.2. The predicted octanol–water partition coefficient (Wildman–Crippen LogP) is 4.73. The molecule has 2 N–H and O–H groups in total. The summed E-state index contributed by atoms with van der Waals surface area (Å²) in [5.41, 5.74) is 8.16. The molecule has 0 aliphatic carbocycles. The van der Waals surface area contributed by atoms with E-state index in [1.165, 1.54) is 18.0 Å². The number of nitrogens with zero attached hydrogens (tertiary/aromatic N) is 3. The number of pyridine rings is 2. The van der Waals surface area contributed by atoms with Crippen molar-refractivity contribution in [2.45, 2.75) is 24.3 Å². The number of rotatable bonds is 2. The zero-order chi connectivity index (χ0) is 22.6. The monoisotopic (exact) mass is 466 g/mol. The molecule has 0 saturated carbocycles. The van der Waals surface area contributed by atoms with E-state index < -0.39 is 17.4 Å². The summed E-state index contributed by atoms with van der Waals surface area (Å²) in [6.07, 6.45) is 2.96. The third-order valence-electron chi connectivity index (χ3n) is 6.47. The first-order valence-corrected chi connectivity index (χ1v) is 11.7. The van der Waals surface area contributed by atoms with Gasteiger partial charge >= 0.3 is 0 Å². The van der Waals surface area contributed by atoms with Gasteiger partial charge in [0.15, 0.2) is 10.9 Å². The van der Waals surface area contributed by atoms with E-state index >= 15 is 4.39 Å². The van der Waals surface area contributed by atoms with Crippen LogP contribution < -0.4 is 10.5 Å². The molecule has 33 heavy (non-hydrogen) atoms. The second-order valence-corrected chi connectivity index (χ2v) is 9.35. The Balaban J connectivity index is 1.54. The predicted molar refractivity (Wildman–Crippen MR) is 122 cm³/mol. The Morgan fingerprint density at radius 1 is 1.06 bits per heavy atom. The van der Waals surface area contributed by atoms with Crippen LogP contribution in [0, 0.1) is 11.9 Å². The number of nitrogens with two attached hydrogens (primary N) is 1. The molecule has 5 heterocycles. The molecule has 0 amide bonds. The number of amidine groups is 1. The standard InChI is InChI=1S/C24H20F2N4O2S/c25-21-15(2-1-7-28-21)14-3-4-19-16(10-14)24(12-33-23(27)30-24)17-11-18(13-5-8-31-9-6-13)29-22(26)20(17)32-19/h1-4,7,10-11,13H,5-6,8-9,12H2,(H2,27,30)/t24-/m0/s1. The van der Waals surface area contributed by atoms with Gasteiger partial charge in [0.25, 0.3) is 5.95 Å². The molecule has 1 fully saturated rings. The zero-order valence-electron chi connectivity index (χ0n) is 17.6. The number of hydrogen-bond donors (Lipinski definition) is 1. The van der Waals surface area contributed by atoms with Gasteiger partial charge in [-0.3, -0.25) is 0 Å². The molecule has 9 heteroatoms. The van der Waals surface area contributed by atoms with Crippen LogP contribution in [0.15, 0.2) is 47.6 Å². The van der Waals surface area contributed by atoms with Crippen molar-refractivity contribution in [1.29, 1.82) is 0 Å². The van der Waals surface area contributed by atoms with Gasteiger partial charge in [-0.1, -0.05) is 17.8 Å². The van der Waals surface area contributed by atoms with Crippen LogP contribution in [0.1, 0.15) is 35.6 Å². The summed E-state index contributed by atoms with van der Waals surface area (Å²) in [5, 5.41) is 0.414. The molecule has 6 rings (SSSR count). The van der Waals surface area contributed by atoms with E-state index in [-0.39, 0.29) is 11.7 Å². The molecule has 1 atom stereocenters. The average Bonchev–Trinajstić information content (AvgIpc) is 3.23. The van der Waals surface area contributed by atoms with Crippen LogP contribution in [-0.2, 0) is 10.3 Å². The van der Waals surface area contributed by atoms with E-state index in [4.69, 9.17) is 20.2 Å². The van der Waals surface area contributed by atoms with E-state index in [1.807, 2.05) is 12.1 Å². The first-order valence-electron chi connectivity index (χ1n) is 10.8. The Morgan fingerprint density at radius 3 is 2.67 bits per heavy atom. The van der Waals surface area contributed by atoms with Gasteiger partial charge in [-0.15, -0.1) is 0 Å². The Hall–Kier alpha value is -3.04. The summed E-state index contributed by atoms with van der Waals surface area (Å²) in [5.74, 6) is -0.121. The average molecular weight is 467 g/mol. The first kappa shape index (κ1) is 20.6. The van der Waals surface area contributed by atoms with Crippen LogP contribution in [0.25, 0.3) is 11.1 Å². The molecular formula is C24H20F2N4O2S. The van der Waals surface area contributed by atoms with Gasteiger partial charge < -0.3 is 15.2 Å². The maximum Gasteiger partial charge on any atom is 0.256 e. The fourth-order valence-electron chi connectivity index (χ4n) is 4.80. The Bertz CT molecular complexity index is 1300. The minimum atomic E-state index is -0.948. The lowest BCUT2D eigenvalue weighted by Crippen LogP contribution is -2.31. The van der Waals surface area contributed by atoms with Gasteiger partial charge in [0, 0.05) is 53.5 Å². The fourth-order valence-corrected chi connectivity index (χ4v) is 5.75. The van der Waals surface area contributed by atoms with Crippen LogP contribution in [0.3, 0.4) is 0 Å². The second-order valence-electron chi connectivity index (χ2n) is 8.36. The lowest BCUT2D eigenvalue weighted by Gasteiger charge is -2.35. The van der Waals surface area contributed by atoms with Crippen LogP contribution >= 0.6 is 11.8 Å². The third-order valence-corrected chi connectivity index (χ3v) is 7.42. The molecule has 6 nitrogen and oxygen atoms in total. The Kier molecular flexibility index (Phi) is 4.84. The van der Waals surface area contributed by atoms with Gasteiger partial charge in [-0.2, -0.15) is 8.78 Å². The lowest BCUT2D eigenvalue weighted by atomic mass is 9.80. The number of fused-ring (bicyclic) bond motifs is 4. The van der Waals surface area contributed by atoms with Crippen molar-refractivity contribution in [2.24, 2.45) is 10.7 Å². The van der Waals surface area contributed by atoms with E-state index in [9.17, 15) is 4.39 Å². The van der Waals surface area contributed by atoms with Crippen LogP contribution in [0.2, 0.25) is 0 Å². The fraction of sp³-hybridized carbons (Fsp3) is 0.292. The van der Waals surface area contributed by atoms with Crippen molar-refractivity contribution in [2.75, 3.05) is 19.0 Å². The summed E-state index contributed by atoms with van der Waals surface area (Å²) in [6.45, 7) is 1.24. The molecule has 0 radical (unpaired) electrons. The number of aromatic nitrogens is 2. The van der Waals surface area contributed by atoms with E-state index in [2.05, 4.69) is 9.97 Å². The highest BCUT2D eigenvalue weighted by Crippen LogP contribution is 2.54. The van der Waals surface area contributed by atoms with Gasteiger partial charge in [0.05, 0.1) is 0 Å². The van der Waals surface area contributed by atoms with Gasteiger partial charge in [0.1, 0.15) is 11.3 Å². The number of hydrogen-bond acceptors (Lipinski definition) is 7. The minimum absolute atomic E-state index is 0.0673. The molecule has 1 aromatic carbocycles. The van der Waals surface area contributed by atoms with Gasteiger partial charge in [0.2, 0.25) is 5.95 Å². The van der Waals surface area contributed by atoms with Crippen molar-refractivity contribution in [3.63, 3.8) is 0 Å².